The molecular formula is C28H38N4O4. The Hall–Kier alpha value is -3.26. The Morgan fingerprint density at radius 3 is 2.31 bits per heavy atom. The average Bonchev–Trinajstić information content (AvgIpc) is 3.44. The van der Waals surface area contributed by atoms with Crippen molar-refractivity contribution in [3.63, 3.8) is 0 Å². The van der Waals surface area contributed by atoms with Crippen molar-refractivity contribution >= 4 is 17.6 Å². The van der Waals surface area contributed by atoms with Gasteiger partial charge in [0, 0.05) is 38.4 Å². The van der Waals surface area contributed by atoms with Crippen molar-refractivity contribution in [2.45, 2.75) is 38.1 Å². The second kappa shape index (κ2) is 12.6. The molecule has 1 heterocycles. The molecule has 36 heavy (non-hydrogen) atoms. The van der Waals surface area contributed by atoms with Crippen molar-refractivity contribution in [1.29, 1.82) is 0 Å². The van der Waals surface area contributed by atoms with E-state index < -0.39 is 0 Å². The summed E-state index contributed by atoms with van der Waals surface area (Å²) in [6, 6.07) is 15.0. The molecule has 1 aliphatic carbocycles. The van der Waals surface area contributed by atoms with Gasteiger partial charge in [0.25, 0.3) is 0 Å². The molecule has 1 atom stereocenters. The number of ether oxygens (including phenoxy) is 2. The molecule has 1 saturated carbocycles. The maximum Gasteiger partial charge on any atom is 0.321 e. The van der Waals surface area contributed by atoms with Gasteiger partial charge in [-0.05, 0) is 61.1 Å². The van der Waals surface area contributed by atoms with Gasteiger partial charge >= 0.3 is 6.03 Å². The van der Waals surface area contributed by atoms with E-state index in [4.69, 9.17) is 9.47 Å². The number of urea groups is 1. The Bertz CT molecular complexity index is 999. The Labute approximate surface area is 213 Å². The molecule has 2 aromatic rings. The van der Waals surface area contributed by atoms with Crippen LogP contribution in [0.3, 0.4) is 0 Å². The van der Waals surface area contributed by atoms with E-state index in [1.807, 2.05) is 53.4 Å². The van der Waals surface area contributed by atoms with Gasteiger partial charge in [-0.3, -0.25) is 9.69 Å². The van der Waals surface area contributed by atoms with Crippen LogP contribution in [0, 0.1) is 5.92 Å². The number of hydrogen-bond donors (Lipinski definition) is 2. The fraction of sp³-hybridized carbons (Fsp3) is 0.500. The lowest BCUT2D eigenvalue weighted by Gasteiger charge is -2.40. The van der Waals surface area contributed by atoms with Crippen molar-refractivity contribution in [3.05, 3.63) is 54.1 Å². The number of benzene rings is 2. The minimum absolute atomic E-state index is 0.105. The lowest BCUT2D eigenvalue weighted by atomic mass is 9.95. The van der Waals surface area contributed by atoms with Crippen molar-refractivity contribution in [1.82, 2.24) is 15.1 Å². The van der Waals surface area contributed by atoms with Gasteiger partial charge in [0.05, 0.1) is 20.3 Å². The third kappa shape index (κ3) is 6.49. The topological polar surface area (TPSA) is 83.1 Å². The number of carbonyl (C=O) groups is 2. The summed E-state index contributed by atoms with van der Waals surface area (Å²) in [7, 11) is 3.29. The molecule has 0 spiro atoms. The molecule has 1 aliphatic heterocycles. The number of carbonyl (C=O) groups excluding carboxylic acids is 2. The van der Waals surface area contributed by atoms with Crippen molar-refractivity contribution in [3.8, 4) is 11.5 Å². The number of piperazine rings is 1. The molecule has 2 N–H and O–H groups in total. The van der Waals surface area contributed by atoms with Gasteiger partial charge in [-0.25, -0.2) is 4.79 Å². The van der Waals surface area contributed by atoms with Gasteiger partial charge in [0.15, 0.2) is 0 Å². The largest absolute Gasteiger partial charge is 0.497 e. The van der Waals surface area contributed by atoms with Crippen molar-refractivity contribution < 1.29 is 19.1 Å². The van der Waals surface area contributed by atoms with Crippen LogP contribution in [0.4, 0.5) is 10.5 Å². The standard InChI is InChI=1S/C28H38N4O4/c1-35-24-13-11-23(12-14-24)30-28(34)32-19-17-31(18-20-32)26(22-8-3-4-9-22)27(33)29-16-15-21-7-5-6-10-25(21)36-2/h5-7,10-14,22,26H,3-4,8-9,15-20H2,1-2H3,(H,29,33)(H,30,34)/t26-/m0/s1. The van der Waals surface area contributed by atoms with E-state index in [9.17, 15) is 9.59 Å². The minimum atomic E-state index is -0.142. The maximum atomic E-state index is 13.4. The van der Waals surface area contributed by atoms with Gasteiger partial charge in [-0.2, -0.15) is 0 Å². The Morgan fingerprint density at radius 2 is 1.64 bits per heavy atom. The van der Waals surface area contributed by atoms with E-state index in [2.05, 4.69) is 15.5 Å². The molecule has 1 saturated heterocycles. The lowest BCUT2D eigenvalue weighted by molar-refractivity contribution is -0.129. The highest BCUT2D eigenvalue weighted by molar-refractivity contribution is 5.89. The zero-order valence-corrected chi connectivity index (χ0v) is 21.4. The van der Waals surface area contributed by atoms with Crippen LogP contribution in [-0.4, -0.2) is 74.7 Å². The fourth-order valence-corrected chi connectivity index (χ4v) is 5.37. The van der Waals surface area contributed by atoms with Crippen LogP contribution in [0.1, 0.15) is 31.2 Å². The minimum Gasteiger partial charge on any atom is -0.497 e. The van der Waals surface area contributed by atoms with E-state index in [-0.39, 0.29) is 18.0 Å². The Kier molecular flexibility index (Phi) is 9.06. The first-order valence-electron chi connectivity index (χ1n) is 12.9. The van der Waals surface area contributed by atoms with Crippen LogP contribution < -0.4 is 20.1 Å². The monoisotopic (exact) mass is 494 g/mol. The number of hydrogen-bond acceptors (Lipinski definition) is 5. The van der Waals surface area contributed by atoms with Crippen LogP contribution in [0.15, 0.2) is 48.5 Å². The second-order valence-electron chi connectivity index (χ2n) is 9.52. The molecule has 2 fully saturated rings. The van der Waals surface area contributed by atoms with E-state index in [1.54, 1.807) is 14.2 Å². The predicted molar refractivity (Wildman–Crippen MR) is 141 cm³/mol. The molecule has 0 unspecified atom stereocenters. The van der Waals surface area contributed by atoms with Crippen LogP contribution in [-0.2, 0) is 11.2 Å². The summed E-state index contributed by atoms with van der Waals surface area (Å²) >= 11 is 0. The maximum absolute atomic E-state index is 13.4. The molecule has 2 aromatic carbocycles. The van der Waals surface area contributed by atoms with Crippen molar-refractivity contribution in [2.24, 2.45) is 5.92 Å². The van der Waals surface area contributed by atoms with Gasteiger partial charge in [0.1, 0.15) is 11.5 Å². The third-order valence-corrected chi connectivity index (χ3v) is 7.34. The zero-order valence-electron chi connectivity index (χ0n) is 21.4. The highest BCUT2D eigenvalue weighted by Gasteiger charge is 2.37. The number of amides is 3. The molecule has 8 heteroatoms. The van der Waals surface area contributed by atoms with Gasteiger partial charge in [0.2, 0.25) is 5.91 Å². The number of nitrogens with zero attached hydrogens (tertiary/aromatic N) is 2. The summed E-state index contributed by atoms with van der Waals surface area (Å²) in [5.41, 5.74) is 1.83. The molecule has 0 radical (unpaired) electrons. The number of anilines is 1. The van der Waals surface area contributed by atoms with Crippen LogP contribution >= 0.6 is 0 Å². The highest BCUT2D eigenvalue weighted by atomic mass is 16.5. The van der Waals surface area contributed by atoms with Gasteiger partial charge in [-0.15, -0.1) is 0 Å². The fourth-order valence-electron chi connectivity index (χ4n) is 5.37. The predicted octanol–water partition coefficient (Wildman–Crippen LogP) is 3.77. The van der Waals surface area contributed by atoms with Crippen LogP contribution in [0.2, 0.25) is 0 Å². The highest BCUT2D eigenvalue weighted by Crippen LogP contribution is 2.31. The Morgan fingerprint density at radius 1 is 0.944 bits per heavy atom. The molecule has 2 aliphatic rings. The van der Waals surface area contributed by atoms with Crippen LogP contribution in [0.5, 0.6) is 11.5 Å². The summed E-state index contributed by atoms with van der Waals surface area (Å²) in [5.74, 6) is 2.08. The van der Waals surface area contributed by atoms with E-state index in [0.29, 0.717) is 38.6 Å². The normalized spacial score (nSPS) is 17.4. The summed E-state index contributed by atoms with van der Waals surface area (Å²) in [5, 5.41) is 6.15. The first-order chi connectivity index (χ1) is 17.6. The Balaban J connectivity index is 1.31. The molecule has 3 amide bonds. The third-order valence-electron chi connectivity index (χ3n) is 7.34. The first kappa shape index (κ1) is 25.8. The second-order valence-corrected chi connectivity index (χ2v) is 9.52. The summed E-state index contributed by atoms with van der Waals surface area (Å²) in [6.45, 7) is 3.15. The molecule has 0 bridgehead atoms. The summed E-state index contributed by atoms with van der Waals surface area (Å²) < 4.78 is 10.6. The molecule has 0 aromatic heterocycles. The molecule has 4 rings (SSSR count). The molecule has 8 nitrogen and oxygen atoms in total. The summed E-state index contributed by atoms with van der Waals surface area (Å²) in [4.78, 5) is 30.3. The summed E-state index contributed by atoms with van der Waals surface area (Å²) in [6.07, 6.45) is 5.26. The van der Waals surface area contributed by atoms with E-state index in [0.717, 1.165) is 42.0 Å². The average molecular weight is 495 g/mol. The number of nitrogens with one attached hydrogen (secondary N) is 2. The number of para-hydroxylation sites is 1. The SMILES string of the molecule is COc1ccc(NC(=O)N2CCN([C@H](C(=O)NCCc3ccccc3OC)C3CCCC3)CC2)cc1. The first-order valence-corrected chi connectivity index (χ1v) is 12.9. The molecular weight excluding hydrogens is 456 g/mol. The quantitative estimate of drug-likeness (QED) is 0.555. The van der Waals surface area contributed by atoms with Crippen LogP contribution in [0.25, 0.3) is 0 Å². The number of methoxy groups -OCH3 is 2. The van der Waals surface area contributed by atoms with Gasteiger partial charge in [-0.1, -0.05) is 31.0 Å². The van der Waals surface area contributed by atoms with E-state index in [1.165, 1.54) is 12.8 Å². The lowest BCUT2D eigenvalue weighted by Crippen LogP contribution is -2.58. The zero-order chi connectivity index (χ0) is 25.3. The van der Waals surface area contributed by atoms with E-state index >= 15 is 0 Å². The number of rotatable bonds is 9. The molecule has 194 valence electrons. The van der Waals surface area contributed by atoms with Crippen molar-refractivity contribution in [2.75, 3.05) is 52.3 Å². The smallest absolute Gasteiger partial charge is 0.321 e. The van der Waals surface area contributed by atoms with Gasteiger partial charge < -0.3 is 25.0 Å².